The lowest BCUT2D eigenvalue weighted by Gasteiger charge is -2.14. The largest absolute Gasteiger partial charge is 0.241 e. The second-order valence-electron chi connectivity index (χ2n) is 3.32. The molecule has 1 heterocycles. The highest BCUT2D eigenvalue weighted by Crippen LogP contribution is 2.15. The van der Waals surface area contributed by atoms with Crippen molar-refractivity contribution in [2.45, 2.75) is 40.0 Å². The van der Waals surface area contributed by atoms with E-state index in [1.54, 1.807) is 12.4 Å². The normalized spacial score (nSPS) is 10.1. The zero-order valence-corrected chi connectivity index (χ0v) is 8.63. The van der Waals surface area contributed by atoms with Crippen LogP contribution in [0.5, 0.6) is 0 Å². The molecule has 0 unspecified atom stereocenters. The highest BCUT2D eigenvalue weighted by molar-refractivity contribution is 5.00. The Morgan fingerprint density at radius 1 is 1.00 bits per heavy atom. The van der Waals surface area contributed by atoms with E-state index in [0.29, 0.717) is 0 Å². The summed E-state index contributed by atoms with van der Waals surface area (Å²) in [4.78, 5) is 8.28. The van der Waals surface area contributed by atoms with Crippen molar-refractivity contribution < 1.29 is 0 Å². The maximum Gasteiger partial charge on any atom is 0.133 e. The lowest BCUT2D eigenvalue weighted by molar-refractivity contribution is 0.545. The van der Waals surface area contributed by atoms with E-state index in [0.717, 1.165) is 5.82 Å². The summed E-state index contributed by atoms with van der Waals surface area (Å²) in [6.45, 7) is 10.3. The van der Waals surface area contributed by atoms with Crippen LogP contribution in [0.2, 0.25) is 0 Å². The Labute approximate surface area is 75.1 Å². The van der Waals surface area contributed by atoms with Crippen LogP contribution in [0.3, 0.4) is 0 Å². The summed E-state index contributed by atoms with van der Waals surface area (Å²) in [6, 6.07) is 1.83. The van der Waals surface area contributed by atoms with Crippen molar-refractivity contribution in [2.75, 3.05) is 0 Å². The molecule has 0 bridgehead atoms. The Balaban J connectivity index is 0.000000561. The molecule has 0 amide bonds. The smallest absolute Gasteiger partial charge is 0.133 e. The van der Waals surface area contributed by atoms with Gasteiger partial charge in [-0.2, -0.15) is 0 Å². The zero-order chi connectivity index (χ0) is 9.61. The van der Waals surface area contributed by atoms with Crippen LogP contribution >= 0.6 is 0 Å². The molecule has 0 fully saturated rings. The third kappa shape index (κ3) is 3.46. The molecule has 0 aliphatic heterocycles. The van der Waals surface area contributed by atoms with Crippen LogP contribution in [0, 0.1) is 0 Å². The highest BCUT2D eigenvalue weighted by Gasteiger charge is 2.15. The minimum Gasteiger partial charge on any atom is -0.241 e. The first-order chi connectivity index (χ1) is 5.61. The average Bonchev–Trinajstić information content (AvgIpc) is 2.08. The summed E-state index contributed by atoms with van der Waals surface area (Å²) in [5.74, 6) is 0.898. The molecule has 12 heavy (non-hydrogen) atoms. The van der Waals surface area contributed by atoms with E-state index < -0.39 is 0 Å². The second kappa shape index (κ2) is 4.86. The molecule has 0 aliphatic rings. The van der Waals surface area contributed by atoms with Crippen molar-refractivity contribution in [2.24, 2.45) is 0 Å². The fraction of sp³-hybridized carbons (Fsp3) is 0.600. The Bertz CT molecular complexity index is 199. The van der Waals surface area contributed by atoms with Crippen molar-refractivity contribution >= 4 is 0 Å². The van der Waals surface area contributed by atoms with Gasteiger partial charge in [0.25, 0.3) is 0 Å². The number of rotatable bonds is 0. The lowest BCUT2D eigenvalue weighted by Crippen LogP contribution is -2.14. The van der Waals surface area contributed by atoms with Gasteiger partial charge in [-0.15, -0.1) is 0 Å². The number of hydrogen-bond donors (Lipinski definition) is 0. The zero-order valence-electron chi connectivity index (χ0n) is 8.63. The minimum atomic E-state index is 0.0707. The van der Waals surface area contributed by atoms with Crippen LogP contribution in [0.25, 0.3) is 0 Å². The van der Waals surface area contributed by atoms with Crippen LogP contribution in [0.1, 0.15) is 40.4 Å². The topological polar surface area (TPSA) is 25.8 Å². The predicted octanol–water partition coefficient (Wildman–Crippen LogP) is 2.80. The van der Waals surface area contributed by atoms with E-state index >= 15 is 0 Å². The van der Waals surface area contributed by atoms with Gasteiger partial charge in [0.1, 0.15) is 5.82 Å². The van der Waals surface area contributed by atoms with E-state index in [1.165, 1.54) is 0 Å². The van der Waals surface area contributed by atoms with E-state index in [1.807, 2.05) is 19.9 Å². The SMILES string of the molecule is CC.CC(C)(C)c1ncccn1. The van der Waals surface area contributed by atoms with Crippen LogP contribution in [0.15, 0.2) is 18.5 Å². The van der Waals surface area contributed by atoms with Gasteiger partial charge >= 0.3 is 0 Å². The van der Waals surface area contributed by atoms with Gasteiger partial charge in [0, 0.05) is 17.8 Å². The van der Waals surface area contributed by atoms with Crippen LogP contribution in [-0.2, 0) is 5.41 Å². The molecular formula is C10H18N2. The van der Waals surface area contributed by atoms with Gasteiger partial charge in [-0.05, 0) is 6.07 Å². The summed E-state index contributed by atoms with van der Waals surface area (Å²) >= 11 is 0. The molecule has 0 spiro atoms. The third-order valence-electron chi connectivity index (χ3n) is 1.24. The van der Waals surface area contributed by atoms with E-state index in [4.69, 9.17) is 0 Å². The molecule has 0 saturated carbocycles. The Kier molecular flexibility index (Phi) is 4.49. The average molecular weight is 166 g/mol. The summed E-state index contributed by atoms with van der Waals surface area (Å²) < 4.78 is 0. The molecule has 0 radical (unpaired) electrons. The van der Waals surface area contributed by atoms with Crippen LogP contribution < -0.4 is 0 Å². The van der Waals surface area contributed by atoms with Gasteiger partial charge in [0.15, 0.2) is 0 Å². The quantitative estimate of drug-likeness (QED) is 0.592. The van der Waals surface area contributed by atoms with Crippen molar-refractivity contribution in [3.8, 4) is 0 Å². The van der Waals surface area contributed by atoms with Gasteiger partial charge in [-0.1, -0.05) is 34.6 Å². The van der Waals surface area contributed by atoms with Crippen molar-refractivity contribution in [3.63, 3.8) is 0 Å². The molecule has 0 saturated heterocycles. The Morgan fingerprint density at radius 2 is 1.42 bits per heavy atom. The summed E-state index contributed by atoms with van der Waals surface area (Å²) in [6.07, 6.45) is 3.54. The van der Waals surface area contributed by atoms with Gasteiger partial charge in [-0.25, -0.2) is 9.97 Å². The molecular weight excluding hydrogens is 148 g/mol. The Hall–Kier alpha value is -0.920. The molecule has 68 valence electrons. The lowest BCUT2D eigenvalue weighted by atomic mass is 9.96. The molecule has 2 heteroatoms. The molecule has 0 aromatic carbocycles. The number of nitrogens with zero attached hydrogens (tertiary/aromatic N) is 2. The molecule has 1 rings (SSSR count). The maximum absolute atomic E-state index is 4.14. The molecule has 0 atom stereocenters. The van der Waals surface area contributed by atoms with Gasteiger partial charge in [-0.3, -0.25) is 0 Å². The highest BCUT2D eigenvalue weighted by atomic mass is 14.9. The second-order valence-corrected chi connectivity index (χ2v) is 3.32. The monoisotopic (exact) mass is 166 g/mol. The molecule has 1 aromatic rings. The summed E-state index contributed by atoms with van der Waals surface area (Å²) in [5, 5.41) is 0. The maximum atomic E-state index is 4.14. The van der Waals surface area contributed by atoms with E-state index in [-0.39, 0.29) is 5.41 Å². The first-order valence-corrected chi connectivity index (χ1v) is 4.38. The van der Waals surface area contributed by atoms with Crippen molar-refractivity contribution in [3.05, 3.63) is 24.3 Å². The van der Waals surface area contributed by atoms with Crippen LogP contribution in [-0.4, -0.2) is 9.97 Å². The minimum absolute atomic E-state index is 0.0707. The summed E-state index contributed by atoms with van der Waals surface area (Å²) in [7, 11) is 0. The number of hydrogen-bond acceptors (Lipinski definition) is 2. The fourth-order valence-electron chi connectivity index (χ4n) is 0.686. The predicted molar refractivity (Wildman–Crippen MR) is 52.1 cm³/mol. The molecule has 0 N–H and O–H groups in total. The first-order valence-electron chi connectivity index (χ1n) is 4.38. The van der Waals surface area contributed by atoms with Crippen molar-refractivity contribution in [1.82, 2.24) is 9.97 Å². The standard InChI is InChI=1S/C8H12N2.C2H6/c1-8(2,3)7-9-5-4-6-10-7;1-2/h4-6H,1-3H3;1-2H3. The molecule has 1 aromatic heterocycles. The Morgan fingerprint density at radius 3 is 1.67 bits per heavy atom. The molecule has 0 aliphatic carbocycles. The van der Waals surface area contributed by atoms with E-state index in [9.17, 15) is 0 Å². The fourth-order valence-corrected chi connectivity index (χ4v) is 0.686. The van der Waals surface area contributed by atoms with E-state index in [2.05, 4.69) is 30.7 Å². The molecule has 2 nitrogen and oxygen atoms in total. The summed E-state index contributed by atoms with van der Waals surface area (Å²) in [5.41, 5.74) is 0.0707. The van der Waals surface area contributed by atoms with Crippen LogP contribution in [0.4, 0.5) is 0 Å². The van der Waals surface area contributed by atoms with Gasteiger partial charge in [0.2, 0.25) is 0 Å². The van der Waals surface area contributed by atoms with Gasteiger partial charge < -0.3 is 0 Å². The van der Waals surface area contributed by atoms with Crippen molar-refractivity contribution in [1.29, 1.82) is 0 Å². The number of aromatic nitrogens is 2. The van der Waals surface area contributed by atoms with Gasteiger partial charge in [0.05, 0.1) is 0 Å². The first kappa shape index (κ1) is 11.1. The third-order valence-corrected chi connectivity index (χ3v) is 1.24.